The second-order valence-corrected chi connectivity index (χ2v) is 13.6. The molecule has 5 atom stereocenters. The number of hydrogen-bond donors (Lipinski definition) is 5. The molecule has 52 heavy (non-hydrogen) atoms. The fraction of sp³-hybridized carbons (Fsp3) is 0.359. The molecule has 0 bridgehead atoms. The number of aromatic nitrogens is 1. The number of carbonyl (C=O) groups excluding carboxylic acids is 5. The fourth-order valence-corrected chi connectivity index (χ4v) is 7.25. The van der Waals surface area contributed by atoms with Gasteiger partial charge >= 0.3 is 0 Å². The Labute approximate surface area is 301 Å². The number of benzene rings is 3. The normalized spacial score (nSPS) is 23.3. The van der Waals surface area contributed by atoms with E-state index in [1.165, 1.54) is 16.7 Å². The predicted molar refractivity (Wildman–Crippen MR) is 193 cm³/mol. The second-order valence-electron chi connectivity index (χ2n) is 13.6. The van der Waals surface area contributed by atoms with Crippen molar-refractivity contribution in [1.82, 2.24) is 30.7 Å². The van der Waals surface area contributed by atoms with Crippen LogP contribution < -0.4 is 20.7 Å². The van der Waals surface area contributed by atoms with Crippen molar-refractivity contribution in [2.45, 2.75) is 63.9 Å². The maximum absolute atomic E-state index is 14.4. The molecule has 0 saturated carbocycles. The number of carbonyl (C=O) groups is 5. The SMILES string of the molecule is COc1c(C)cc(C(=O)N2CC(=O)N[C@H](Cc3c[nH]c4ccccc34)C(=O)N3C[C@H](O)C[C@H]3C(=O)N[C@@H](C)C(=O)N[C@H](c3ccccc3)C2)cc1C. The van der Waals surface area contributed by atoms with Gasteiger partial charge in [0.1, 0.15) is 23.9 Å². The molecule has 13 heteroatoms. The Balaban J connectivity index is 1.41. The van der Waals surface area contributed by atoms with Crippen LogP contribution in [0.2, 0.25) is 0 Å². The minimum atomic E-state index is -1.15. The number of H-pyrrole nitrogens is 1. The van der Waals surface area contributed by atoms with Crippen molar-refractivity contribution in [1.29, 1.82) is 0 Å². The number of ether oxygens (including phenoxy) is 1. The number of aliphatic hydroxyl groups excluding tert-OH is 1. The summed E-state index contributed by atoms with van der Waals surface area (Å²) in [5.74, 6) is -2.14. The quantitative estimate of drug-likeness (QED) is 0.212. The van der Waals surface area contributed by atoms with Crippen molar-refractivity contribution < 1.29 is 33.8 Å². The van der Waals surface area contributed by atoms with E-state index in [1.807, 2.05) is 44.2 Å². The number of aromatic amines is 1. The van der Waals surface area contributed by atoms with Crippen LogP contribution in [0.1, 0.15) is 52.0 Å². The van der Waals surface area contributed by atoms with E-state index in [1.54, 1.807) is 49.7 Å². The van der Waals surface area contributed by atoms with Gasteiger partial charge in [0.25, 0.3) is 5.91 Å². The third kappa shape index (κ3) is 7.64. The molecule has 3 aromatic carbocycles. The van der Waals surface area contributed by atoms with Crippen molar-refractivity contribution in [3.8, 4) is 5.75 Å². The first-order valence-electron chi connectivity index (χ1n) is 17.4. The van der Waals surface area contributed by atoms with Crippen LogP contribution >= 0.6 is 0 Å². The van der Waals surface area contributed by atoms with Crippen molar-refractivity contribution in [3.05, 3.63) is 101 Å². The van der Waals surface area contributed by atoms with Crippen LogP contribution in [0, 0.1) is 13.8 Å². The van der Waals surface area contributed by atoms with Gasteiger partial charge in [-0.1, -0.05) is 48.5 Å². The molecule has 272 valence electrons. The zero-order chi connectivity index (χ0) is 37.1. The summed E-state index contributed by atoms with van der Waals surface area (Å²) >= 11 is 0. The van der Waals surface area contributed by atoms with Crippen molar-refractivity contribution in [2.24, 2.45) is 0 Å². The summed E-state index contributed by atoms with van der Waals surface area (Å²) in [5, 5.41) is 20.1. The summed E-state index contributed by atoms with van der Waals surface area (Å²) in [4.78, 5) is 76.0. The first kappa shape index (κ1) is 36.1. The molecule has 13 nitrogen and oxygen atoms in total. The third-order valence-electron chi connectivity index (χ3n) is 9.80. The molecule has 6 rings (SSSR count). The molecule has 0 aliphatic carbocycles. The van der Waals surface area contributed by atoms with E-state index in [4.69, 9.17) is 4.74 Å². The fourth-order valence-electron chi connectivity index (χ4n) is 7.25. The number of fused-ring (bicyclic) bond motifs is 2. The largest absolute Gasteiger partial charge is 0.496 e. The lowest BCUT2D eigenvalue weighted by Gasteiger charge is -2.30. The lowest BCUT2D eigenvalue weighted by Crippen LogP contribution is -2.56. The van der Waals surface area contributed by atoms with Crippen LogP contribution in [-0.4, -0.2) is 100 Å². The number of hydrogen-bond acceptors (Lipinski definition) is 7. The Morgan fingerprint density at radius 2 is 1.60 bits per heavy atom. The Morgan fingerprint density at radius 3 is 2.31 bits per heavy atom. The Morgan fingerprint density at radius 1 is 0.904 bits per heavy atom. The lowest BCUT2D eigenvalue weighted by molar-refractivity contribution is -0.142. The summed E-state index contributed by atoms with van der Waals surface area (Å²) in [7, 11) is 1.56. The molecule has 2 aliphatic heterocycles. The van der Waals surface area contributed by atoms with Gasteiger partial charge in [-0.05, 0) is 61.2 Å². The van der Waals surface area contributed by atoms with Gasteiger partial charge in [-0.25, -0.2) is 0 Å². The molecule has 5 N–H and O–H groups in total. The maximum atomic E-state index is 14.4. The van der Waals surface area contributed by atoms with Crippen molar-refractivity contribution in [3.63, 3.8) is 0 Å². The number of nitrogens with one attached hydrogen (secondary N) is 4. The molecule has 0 radical (unpaired) electrons. The molecule has 2 fully saturated rings. The van der Waals surface area contributed by atoms with Gasteiger partial charge in [-0.3, -0.25) is 24.0 Å². The van der Waals surface area contributed by atoms with Gasteiger partial charge in [0.05, 0.1) is 25.8 Å². The van der Waals surface area contributed by atoms with Crippen LogP contribution in [0.5, 0.6) is 5.75 Å². The average Bonchev–Trinajstić information content (AvgIpc) is 3.73. The maximum Gasteiger partial charge on any atom is 0.254 e. The summed E-state index contributed by atoms with van der Waals surface area (Å²) in [5.41, 5.74) is 4.08. The summed E-state index contributed by atoms with van der Waals surface area (Å²) in [6, 6.07) is 16.0. The van der Waals surface area contributed by atoms with Crippen molar-refractivity contribution >= 4 is 40.4 Å². The van der Waals surface area contributed by atoms with E-state index < -0.39 is 66.4 Å². The number of rotatable bonds is 5. The Kier molecular flexibility index (Phi) is 10.6. The number of aliphatic hydroxyl groups is 1. The molecule has 2 saturated heterocycles. The molecule has 4 aromatic rings. The highest BCUT2D eigenvalue weighted by molar-refractivity contribution is 5.99. The highest BCUT2D eigenvalue weighted by Crippen LogP contribution is 2.27. The standard InChI is InChI=1S/C39H44N6O7/c1-22-14-26(15-23(2)35(22)52-4)38(50)44-20-32(25-10-6-5-7-11-25)43-36(48)24(3)41-37(49)33-17-28(46)19-45(33)39(51)31(42-34(47)21-44)16-27-18-40-30-13-9-8-12-29(27)30/h5-15,18,24,28,31-33,40,46H,16-17,19-21H2,1-4H3,(H,41,49)(H,42,47)(H,43,48)/t24-,28+,31+,32-,33-/m0/s1. The van der Waals surface area contributed by atoms with E-state index >= 15 is 0 Å². The van der Waals surface area contributed by atoms with Crippen LogP contribution in [0.3, 0.4) is 0 Å². The number of aryl methyl sites for hydroxylation is 2. The summed E-state index contributed by atoms with van der Waals surface area (Å²) < 4.78 is 5.51. The van der Waals surface area contributed by atoms with Crippen molar-refractivity contribution in [2.75, 3.05) is 26.7 Å². The summed E-state index contributed by atoms with van der Waals surface area (Å²) in [6.07, 6.45) is 0.827. The topological polar surface area (TPSA) is 173 Å². The molecule has 0 unspecified atom stereocenters. The van der Waals surface area contributed by atoms with Gasteiger partial charge < -0.3 is 40.6 Å². The molecule has 5 amide bonds. The highest BCUT2D eigenvalue weighted by atomic mass is 16.5. The van der Waals surface area contributed by atoms with E-state index in [0.29, 0.717) is 16.9 Å². The van der Waals surface area contributed by atoms with E-state index in [9.17, 15) is 29.1 Å². The average molecular weight is 709 g/mol. The van der Waals surface area contributed by atoms with E-state index in [-0.39, 0.29) is 25.9 Å². The molecule has 3 heterocycles. The third-order valence-corrected chi connectivity index (χ3v) is 9.80. The van der Waals surface area contributed by atoms with Gasteiger partial charge in [-0.15, -0.1) is 0 Å². The van der Waals surface area contributed by atoms with E-state index in [2.05, 4.69) is 20.9 Å². The van der Waals surface area contributed by atoms with E-state index in [0.717, 1.165) is 27.6 Å². The van der Waals surface area contributed by atoms with Gasteiger partial charge in [0, 0.05) is 48.6 Å². The number of amides is 5. The van der Waals surface area contributed by atoms with Crippen LogP contribution in [0.15, 0.2) is 72.9 Å². The first-order chi connectivity index (χ1) is 24.9. The molecular weight excluding hydrogens is 664 g/mol. The zero-order valence-electron chi connectivity index (χ0n) is 29.6. The molecule has 2 aliphatic rings. The lowest BCUT2D eigenvalue weighted by atomic mass is 10.0. The van der Waals surface area contributed by atoms with Gasteiger partial charge in [-0.2, -0.15) is 0 Å². The minimum absolute atomic E-state index is 0.0325. The predicted octanol–water partition coefficient (Wildman–Crippen LogP) is 2.30. The number of para-hydroxylation sites is 1. The molecule has 0 spiro atoms. The highest BCUT2D eigenvalue weighted by Gasteiger charge is 2.43. The first-order valence-corrected chi connectivity index (χ1v) is 17.4. The second kappa shape index (κ2) is 15.3. The number of methoxy groups -OCH3 is 1. The van der Waals surface area contributed by atoms with Crippen LogP contribution in [0.25, 0.3) is 10.9 Å². The van der Waals surface area contributed by atoms with Crippen LogP contribution in [-0.2, 0) is 25.6 Å². The monoisotopic (exact) mass is 708 g/mol. The number of nitrogens with zero attached hydrogens (tertiary/aromatic N) is 2. The van der Waals surface area contributed by atoms with Crippen LogP contribution in [0.4, 0.5) is 0 Å². The minimum Gasteiger partial charge on any atom is -0.496 e. The zero-order valence-corrected chi connectivity index (χ0v) is 29.6. The smallest absolute Gasteiger partial charge is 0.254 e. The van der Waals surface area contributed by atoms with Gasteiger partial charge in [0.15, 0.2) is 0 Å². The molecular formula is C39H44N6O7. The Hall–Kier alpha value is -5.69. The van der Waals surface area contributed by atoms with Gasteiger partial charge in [0.2, 0.25) is 23.6 Å². The summed E-state index contributed by atoms with van der Waals surface area (Å²) in [6.45, 7) is 4.50. The molecule has 1 aromatic heterocycles. The Bertz CT molecular complexity index is 1970.